The molecule has 1 unspecified atom stereocenters. The first kappa shape index (κ1) is 12.7. The van der Waals surface area contributed by atoms with Crippen molar-refractivity contribution in [3.8, 4) is 0 Å². The Kier molecular flexibility index (Phi) is 4.31. The minimum atomic E-state index is -3.35. The molecule has 0 spiro atoms. The second-order valence-corrected chi connectivity index (χ2v) is 5.98. The van der Waals surface area contributed by atoms with Gasteiger partial charge >= 0.3 is 0 Å². The van der Waals surface area contributed by atoms with Crippen LogP contribution in [0.2, 0.25) is 0 Å². The molecular weight excluding hydrogens is 278 g/mol. The van der Waals surface area contributed by atoms with Gasteiger partial charge in [0, 0.05) is 18.4 Å². The van der Waals surface area contributed by atoms with Crippen molar-refractivity contribution in [3.63, 3.8) is 0 Å². The third-order valence-corrected chi connectivity index (χ3v) is 5.19. The first-order valence-electron chi connectivity index (χ1n) is 4.59. The van der Waals surface area contributed by atoms with Crippen LogP contribution in [0.4, 0.5) is 0 Å². The summed E-state index contributed by atoms with van der Waals surface area (Å²) in [6.07, 6.45) is 0. The molecule has 0 saturated carbocycles. The normalized spacial score (nSPS) is 14.1. The molecule has 0 saturated heterocycles. The van der Waals surface area contributed by atoms with E-state index >= 15 is 0 Å². The molecule has 0 aliphatic carbocycles. The van der Waals surface area contributed by atoms with Gasteiger partial charge in [0.25, 0.3) is 0 Å². The monoisotopic (exact) mass is 291 g/mol. The van der Waals surface area contributed by atoms with Crippen molar-refractivity contribution in [3.05, 3.63) is 30.3 Å². The van der Waals surface area contributed by atoms with E-state index < -0.39 is 10.0 Å². The number of sulfonamides is 1. The Morgan fingerprint density at radius 3 is 2.33 bits per heavy atom. The molecular formula is C10H14BrNO2S. The van der Waals surface area contributed by atoms with E-state index in [4.69, 9.17) is 0 Å². The largest absolute Gasteiger partial charge is 0.243 e. The van der Waals surface area contributed by atoms with Crippen molar-refractivity contribution in [1.29, 1.82) is 0 Å². The fourth-order valence-electron chi connectivity index (χ4n) is 1.09. The molecule has 0 fully saturated rings. The quantitative estimate of drug-likeness (QED) is 0.797. The zero-order valence-electron chi connectivity index (χ0n) is 8.72. The number of hydrogen-bond donors (Lipinski definition) is 0. The van der Waals surface area contributed by atoms with Crippen LogP contribution in [0.25, 0.3) is 0 Å². The lowest BCUT2D eigenvalue weighted by molar-refractivity contribution is 0.416. The summed E-state index contributed by atoms with van der Waals surface area (Å²) >= 11 is 3.27. The van der Waals surface area contributed by atoms with Crippen molar-refractivity contribution >= 4 is 26.0 Å². The SMILES string of the molecule is CC(CBr)N(C)S(=O)(=O)c1ccccc1. The number of alkyl halides is 1. The highest BCUT2D eigenvalue weighted by Crippen LogP contribution is 2.16. The van der Waals surface area contributed by atoms with E-state index in [1.165, 1.54) is 4.31 Å². The lowest BCUT2D eigenvalue weighted by Gasteiger charge is -2.22. The molecule has 0 aliphatic heterocycles. The number of nitrogens with zero attached hydrogens (tertiary/aromatic N) is 1. The van der Waals surface area contributed by atoms with Crippen LogP contribution in [0.3, 0.4) is 0 Å². The molecule has 1 aromatic rings. The van der Waals surface area contributed by atoms with Crippen LogP contribution in [0.1, 0.15) is 6.92 Å². The lowest BCUT2D eigenvalue weighted by Crippen LogP contribution is -2.35. The van der Waals surface area contributed by atoms with Crippen LogP contribution >= 0.6 is 15.9 Å². The van der Waals surface area contributed by atoms with E-state index in [0.717, 1.165) is 0 Å². The Labute approximate surface area is 99.3 Å². The Morgan fingerprint density at radius 1 is 1.33 bits per heavy atom. The highest BCUT2D eigenvalue weighted by molar-refractivity contribution is 9.09. The second-order valence-electron chi connectivity index (χ2n) is 3.34. The van der Waals surface area contributed by atoms with E-state index in [1.54, 1.807) is 37.4 Å². The molecule has 15 heavy (non-hydrogen) atoms. The topological polar surface area (TPSA) is 37.4 Å². The van der Waals surface area contributed by atoms with Gasteiger partial charge in [-0.1, -0.05) is 34.1 Å². The fourth-order valence-corrected chi connectivity index (χ4v) is 3.10. The van der Waals surface area contributed by atoms with Gasteiger partial charge in [-0.25, -0.2) is 8.42 Å². The molecule has 3 nitrogen and oxygen atoms in total. The highest BCUT2D eigenvalue weighted by Gasteiger charge is 2.24. The van der Waals surface area contributed by atoms with Crippen molar-refractivity contribution in [1.82, 2.24) is 4.31 Å². The van der Waals surface area contributed by atoms with E-state index in [0.29, 0.717) is 10.2 Å². The molecule has 0 bridgehead atoms. The van der Waals surface area contributed by atoms with Crippen LogP contribution in [-0.4, -0.2) is 31.1 Å². The van der Waals surface area contributed by atoms with Crippen LogP contribution < -0.4 is 0 Å². The third kappa shape index (κ3) is 2.80. The van der Waals surface area contributed by atoms with Crippen molar-refractivity contribution < 1.29 is 8.42 Å². The molecule has 1 atom stereocenters. The number of hydrogen-bond acceptors (Lipinski definition) is 2. The Balaban J connectivity index is 3.04. The van der Waals surface area contributed by atoms with Gasteiger partial charge < -0.3 is 0 Å². The zero-order valence-corrected chi connectivity index (χ0v) is 11.1. The average molecular weight is 292 g/mol. The van der Waals surface area contributed by atoms with Gasteiger partial charge in [0.1, 0.15) is 0 Å². The van der Waals surface area contributed by atoms with E-state index in [9.17, 15) is 8.42 Å². The summed E-state index contributed by atoms with van der Waals surface area (Å²) in [6.45, 7) is 1.86. The van der Waals surface area contributed by atoms with Gasteiger partial charge in [-0.2, -0.15) is 4.31 Å². The van der Waals surface area contributed by atoms with Gasteiger partial charge in [-0.15, -0.1) is 0 Å². The Morgan fingerprint density at radius 2 is 1.87 bits per heavy atom. The maximum atomic E-state index is 12.0. The number of rotatable bonds is 4. The van der Waals surface area contributed by atoms with Gasteiger partial charge in [0.05, 0.1) is 4.90 Å². The minimum absolute atomic E-state index is 0.0600. The molecule has 84 valence electrons. The molecule has 0 radical (unpaired) electrons. The first-order valence-corrected chi connectivity index (χ1v) is 7.15. The summed E-state index contributed by atoms with van der Waals surface area (Å²) < 4.78 is 25.4. The maximum absolute atomic E-state index is 12.0. The van der Waals surface area contributed by atoms with Gasteiger partial charge in [-0.05, 0) is 19.1 Å². The third-order valence-electron chi connectivity index (χ3n) is 2.26. The summed E-state index contributed by atoms with van der Waals surface area (Å²) in [5.74, 6) is 0. The van der Waals surface area contributed by atoms with Crippen LogP contribution in [0.15, 0.2) is 35.2 Å². The molecule has 0 aromatic heterocycles. The van der Waals surface area contributed by atoms with E-state index in [-0.39, 0.29) is 6.04 Å². The number of benzene rings is 1. The van der Waals surface area contributed by atoms with Gasteiger partial charge in [-0.3, -0.25) is 0 Å². The van der Waals surface area contributed by atoms with E-state index in [2.05, 4.69) is 15.9 Å². The maximum Gasteiger partial charge on any atom is 0.243 e. The van der Waals surface area contributed by atoms with Crippen molar-refractivity contribution in [2.45, 2.75) is 17.9 Å². The fraction of sp³-hybridized carbons (Fsp3) is 0.400. The molecule has 0 amide bonds. The number of halogens is 1. The predicted molar refractivity (Wildman–Crippen MR) is 64.6 cm³/mol. The molecule has 0 N–H and O–H groups in total. The standard InChI is InChI=1S/C10H14BrNO2S/c1-9(8-11)12(2)15(13,14)10-6-4-3-5-7-10/h3-7,9H,8H2,1-2H3. The van der Waals surface area contributed by atoms with E-state index in [1.807, 2.05) is 6.92 Å². The van der Waals surface area contributed by atoms with Crippen molar-refractivity contribution in [2.75, 3.05) is 12.4 Å². The van der Waals surface area contributed by atoms with Gasteiger partial charge in [0.2, 0.25) is 10.0 Å². The van der Waals surface area contributed by atoms with Crippen LogP contribution in [-0.2, 0) is 10.0 Å². The Bertz CT molecular complexity index is 405. The first-order chi connectivity index (χ1) is 7.00. The average Bonchev–Trinajstić information content (AvgIpc) is 2.28. The van der Waals surface area contributed by atoms with Crippen molar-refractivity contribution in [2.24, 2.45) is 0 Å². The summed E-state index contributed by atoms with van der Waals surface area (Å²) in [5, 5.41) is 0.621. The molecule has 5 heteroatoms. The Hall–Kier alpha value is -0.390. The summed E-state index contributed by atoms with van der Waals surface area (Å²) in [4.78, 5) is 0.334. The predicted octanol–water partition coefficient (Wildman–Crippen LogP) is 2.09. The van der Waals surface area contributed by atoms with Crippen LogP contribution in [0, 0.1) is 0 Å². The van der Waals surface area contributed by atoms with Crippen LogP contribution in [0.5, 0.6) is 0 Å². The smallest absolute Gasteiger partial charge is 0.207 e. The second kappa shape index (κ2) is 5.09. The molecule has 1 rings (SSSR count). The highest BCUT2D eigenvalue weighted by atomic mass is 79.9. The zero-order chi connectivity index (χ0) is 11.5. The molecule has 1 aromatic carbocycles. The molecule has 0 heterocycles. The van der Waals surface area contributed by atoms with Gasteiger partial charge in [0.15, 0.2) is 0 Å². The summed E-state index contributed by atoms with van der Waals surface area (Å²) in [5.41, 5.74) is 0. The molecule has 0 aliphatic rings. The lowest BCUT2D eigenvalue weighted by atomic mass is 10.4. The summed E-state index contributed by atoms with van der Waals surface area (Å²) in [6, 6.07) is 8.39. The minimum Gasteiger partial charge on any atom is -0.207 e. The summed E-state index contributed by atoms with van der Waals surface area (Å²) in [7, 11) is -1.76.